The highest BCUT2D eigenvalue weighted by Crippen LogP contribution is 2.31. The van der Waals surface area contributed by atoms with Crippen LogP contribution in [0, 0.1) is 0 Å². The second-order valence-electron chi connectivity index (χ2n) is 5.19. The second-order valence-corrected chi connectivity index (χ2v) is 5.19. The zero-order valence-electron chi connectivity index (χ0n) is 13.1. The summed E-state index contributed by atoms with van der Waals surface area (Å²) < 4.78 is 0. The number of carboxylic acid groups (broad SMARTS) is 1. The number of carbonyl (C=O) groups is 1. The maximum Gasteiger partial charge on any atom is 0.339 e. The first kappa shape index (κ1) is 16.2. The molecule has 4 rings (SSSR count). The molecule has 0 fully saturated rings. The Morgan fingerprint density at radius 1 is 0.800 bits per heavy atom. The second kappa shape index (κ2) is 7.27. The first-order valence-corrected chi connectivity index (χ1v) is 7.53. The Kier molecular flexibility index (Phi) is 4.71. The molecule has 3 N–H and O–H groups in total. The molecule has 0 saturated heterocycles. The van der Waals surface area contributed by atoms with E-state index in [2.05, 4.69) is 15.4 Å². The van der Waals surface area contributed by atoms with Gasteiger partial charge >= 0.3 is 5.97 Å². The number of para-hydroxylation sites is 3. The van der Waals surface area contributed by atoms with E-state index in [1.165, 1.54) is 6.07 Å². The van der Waals surface area contributed by atoms with E-state index in [9.17, 15) is 9.90 Å². The van der Waals surface area contributed by atoms with E-state index in [0.717, 1.165) is 16.6 Å². The molecule has 0 radical (unpaired) electrons. The summed E-state index contributed by atoms with van der Waals surface area (Å²) in [5.41, 5.74) is 3.07. The van der Waals surface area contributed by atoms with Crippen LogP contribution in [0.2, 0.25) is 0 Å². The van der Waals surface area contributed by atoms with E-state index in [4.69, 9.17) is 5.11 Å². The third-order valence-corrected chi connectivity index (χ3v) is 3.57. The van der Waals surface area contributed by atoms with Crippen molar-refractivity contribution in [1.29, 1.82) is 0 Å². The fraction of sp³-hybridized carbons (Fsp3) is 0. The van der Waals surface area contributed by atoms with Crippen LogP contribution in [0.4, 0.5) is 0 Å². The molecule has 0 aliphatic heterocycles. The van der Waals surface area contributed by atoms with Crippen molar-refractivity contribution in [3.63, 3.8) is 0 Å². The first-order valence-electron chi connectivity index (χ1n) is 7.53. The van der Waals surface area contributed by atoms with Gasteiger partial charge in [-0.25, -0.2) is 4.79 Å². The van der Waals surface area contributed by atoms with Crippen LogP contribution in [-0.4, -0.2) is 31.6 Å². The number of aromatic nitrogens is 3. The standard InChI is InChI=1S/C13H10O3.C6H5N3/c14-12-10(9-5-2-1-3-6-9)7-4-8-11(12)13(15)16;1-2-4-6-5(3-1)7-9-8-6/h1-8,14H,(H,15,16);1-4H,(H,7,8,9). The predicted octanol–water partition coefficient (Wildman–Crippen LogP) is 3.72. The Hall–Kier alpha value is -3.67. The zero-order chi connectivity index (χ0) is 17.6. The molecule has 4 aromatic rings. The van der Waals surface area contributed by atoms with Gasteiger partial charge in [-0.05, 0) is 23.8 Å². The zero-order valence-corrected chi connectivity index (χ0v) is 13.1. The largest absolute Gasteiger partial charge is 0.506 e. The highest BCUT2D eigenvalue weighted by atomic mass is 16.4. The number of aromatic hydroxyl groups is 1. The number of benzene rings is 3. The smallest absolute Gasteiger partial charge is 0.339 e. The molecule has 0 atom stereocenters. The van der Waals surface area contributed by atoms with E-state index >= 15 is 0 Å². The van der Waals surface area contributed by atoms with Crippen molar-refractivity contribution in [2.24, 2.45) is 0 Å². The summed E-state index contributed by atoms with van der Waals surface area (Å²) in [6.07, 6.45) is 0. The molecule has 6 nitrogen and oxygen atoms in total. The first-order chi connectivity index (χ1) is 12.2. The van der Waals surface area contributed by atoms with Crippen LogP contribution >= 0.6 is 0 Å². The number of carboxylic acids is 1. The molecule has 25 heavy (non-hydrogen) atoms. The normalized spacial score (nSPS) is 10.1. The lowest BCUT2D eigenvalue weighted by Crippen LogP contribution is -1.97. The van der Waals surface area contributed by atoms with Gasteiger partial charge in [0.1, 0.15) is 22.3 Å². The van der Waals surface area contributed by atoms with E-state index in [1.807, 2.05) is 54.6 Å². The number of phenols is 1. The minimum atomic E-state index is -1.13. The van der Waals surface area contributed by atoms with Crippen molar-refractivity contribution in [2.75, 3.05) is 0 Å². The van der Waals surface area contributed by atoms with Gasteiger partial charge in [0.25, 0.3) is 0 Å². The number of H-pyrrole nitrogens is 1. The lowest BCUT2D eigenvalue weighted by molar-refractivity contribution is 0.0694. The summed E-state index contributed by atoms with van der Waals surface area (Å²) in [6, 6.07) is 21.6. The van der Waals surface area contributed by atoms with E-state index < -0.39 is 5.97 Å². The number of hydrogen-bond donors (Lipinski definition) is 3. The summed E-state index contributed by atoms with van der Waals surface area (Å²) in [7, 11) is 0. The minimum Gasteiger partial charge on any atom is -0.506 e. The molecule has 3 aromatic carbocycles. The summed E-state index contributed by atoms with van der Waals surface area (Å²) >= 11 is 0. The van der Waals surface area contributed by atoms with Crippen LogP contribution in [-0.2, 0) is 0 Å². The molecular formula is C19H15N3O3. The van der Waals surface area contributed by atoms with E-state index in [0.29, 0.717) is 5.56 Å². The van der Waals surface area contributed by atoms with Crippen LogP contribution < -0.4 is 0 Å². The molecule has 0 bridgehead atoms. The third-order valence-electron chi connectivity index (χ3n) is 3.57. The average Bonchev–Trinajstić information content (AvgIpc) is 3.12. The number of nitrogens with zero attached hydrogens (tertiary/aromatic N) is 2. The van der Waals surface area contributed by atoms with Crippen LogP contribution in [0.15, 0.2) is 72.8 Å². The average molecular weight is 333 g/mol. The lowest BCUT2D eigenvalue weighted by atomic mass is 10.0. The summed E-state index contributed by atoms with van der Waals surface area (Å²) in [5.74, 6) is -1.32. The topological polar surface area (TPSA) is 99.1 Å². The Morgan fingerprint density at radius 2 is 1.40 bits per heavy atom. The van der Waals surface area contributed by atoms with Gasteiger partial charge in [-0.2, -0.15) is 15.4 Å². The summed E-state index contributed by atoms with van der Waals surface area (Å²) in [6.45, 7) is 0. The Bertz CT molecular complexity index is 967. The predicted molar refractivity (Wildman–Crippen MR) is 94.4 cm³/mol. The SMILES string of the molecule is O=C(O)c1cccc(-c2ccccc2)c1O.c1ccc2n[nH]nc2c1. The summed E-state index contributed by atoms with van der Waals surface area (Å²) in [5, 5.41) is 29.0. The Labute approximate surface area is 143 Å². The maximum atomic E-state index is 10.8. The Morgan fingerprint density at radius 3 is 2.00 bits per heavy atom. The quantitative estimate of drug-likeness (QED) is 0.519. The third kappa shape index (κ3) is 3.64. The van der Waals surface area contributed by atoms with E-state index in [1.54, 1.807) is 12.1 Å². The number of aromatic carboxylic acids is 1. The minimum absolute atomic E-state index is 0.0821. The molecule has 0 saturated carbocycles. The number of rotatable bonds is 2. The molecule has 0 aliphatic rings. The molecular weight excluding hydrogens is 318 g/mol. The Balaban J connectivity index is 0.000000170. The van der Waals surface area contributed by atoms with Crippen molar-refractivity contribution < 1.29 is 15.0 Å². The monoisotopic (exact) mass is 333 g/mol. The van der Waals surface area contributed by atoms with Crippen molar-refractivity contribution >= 4 is 17.0 Å². The van der Waals surface area contributed by atoms with Crippen molar-refractivity contribution in [3.8, 4) is 16.9 Å². The highest BCUT2D eigenvalue weighted by molar-refractivity contribution is 5.94. The van der Waals surface area contributed by atoms with Crippen LogP contribution in [0.5, 0.6) is 5.75 Å². The molecule has 1 heterocycles. The van der Waals surface area contributed by atoms with Gasteiger partial charge in [0.2, 0.25) is 0 Å². The fourth-order valence-electron chi connectivity index (χ4n) is 2.35. The van der Waals surface area contributed by atoms with Gasteiger partial charge in [0, 0.05) is 5.56 Å². The molecule has 124 valence electrons. The molecule has 6 heteroatoms. The number of fused-ring (bicyclic) bond motifs is 1. The van der Waals surface area contributed by atoms with Crippen molar-refractivity contribution in [2.45, 2.75) is 0 Å². The van der Waals surface area contributed by atoms with Crippen LogP contribution in [0.3, 0.4) is 0 Å². The van der Waals surface area contributed by atoms with Crippen LogP contribution in [0.25, 0.3) is 22.2 Å². The van der Waals surface area contributed by atoms with Gasteiger partial charge < -0.3 is 10.2 Å². The van der Waals surface area contributed by atoms with Crippen LogP contribution in [0.1, 0.15) is 10.4 Å². The fourth-order valence-corrected chi connectivity index (χ4v) is 2.35. The van der Waals surface area contributed by atoms with Gasteiger partial charge in [0.15, 0.2) is 0 Å². The lowest BCUT2D eigenvalue weighted by Gasteiger charge is -2.06. The number of nitrogens with one attached hydrogen (secondary N) is 1. The number of hydrogen-bond acceptors (Lipinski definition) is 4. The molecule has 0 spiro atoms. The number of aromatic amines is 1. The highest BCUT2D eigenvalue weighted by Gasteiger charge is 2.13. The van der Waals surface area contributed by atoms with Gasteiger partial charge in [-0.1, -0.05) is 54.6 Å². The molecule has 1 aromatic heterocycles. The van der Waals surface area contributed by atoms with Gasteiger partial charge in [0.05, 0.1) is 0 Å². The summed E-state index contributed by atoms with van der Waals surface area (Å²) in [4.78, 5) is 10.8. The van der Waals surface area contributed by atoms with E-state index in [-0.39, 0.29) is 11.3 Å². The van der Waals surface area contributed by atoms with Crippen molar-refractivity contribution in [3.05, 3.63) is 78.4 Å². The maximum absolute atomic E-state index is 10.8. The molecule has 0 aliphatic carbocycles. The van der Waals surface area contributed by atoms with Crippen molar-refractivity contribution in [1.82, 2.24) is 15.4 Å². The van der Waals surface area contributed by atoms with Gasteiger partial charge in [-0.3, -0.25) is 0 Å². The molecule has 0 amide bonds. The molecule has 0 unspecified atom stereocenters. The van der Waals surface area contributed by atoms with Gasteiger partial charge in [-0.15, -0.1) is 0 Å².